The molecule has 0 N–H and O–H groups in total. The van der Waals surface area contributed by atoms with E-state index in [2.05, 4.69) is 4.98 Å². The lowest BCUT2D eigenvalue weighted by Crippen LogP contribution is -2.19. The Balaban J connectivity index is 1.77. The molecule has 5 nitrogen and oxygen atoms in total. The van der Waals surface area contributed by atoms with Crippen molar-refractivity contribution in [1.82, 2.24) is 9.38 Å². The molecule has 0 radical (unpaired) electrons. The van der Waals surface area contributed by atoms with Crippen LogP contribution in [0.5, 0.6) is 0 Å². The van der Waals surface area contributed by atoms with Crippen molar-refractivity contribution >= 4 is 34.8 Å². The summed E-state index contributed by atoms with van der Waals surface area (Å²) in [6.07, 6.45) is 2.99. The molecule has 0 bridgehead atoms. The van der Waals surface area contributed by atoms with Crippen molar-refractivity contribution in [2.24, 2.45) is 0 Å². The van der Waals surface area contributed by atoms with Gasteiger partial charge >= 0.3 is 5.97 Å². The van der Waals surface area contributed by atoms with Crippen molar-refractivity contribution < 1.29 is 9.53 Å². The number of carbonyl (C=O) groups is 1. The second-order valence-electron chi connectivity index (χ2n) is 6.16. The Morgan fingerprint density at radius 3 is 2.56 bits per heavy atom. The molecule has 2 heterocycles. The molecule has 0 aliphatic carbocycles. The van der Waals surface area contributed by atoms with E-state index in [0.717, 1.165) is 12.0 Å². The molecule has 3 aromatic rings. The Morgan fingerprint density at radius 2 is 1.85 bits per heavy atom. The van der Waals surface area contributed by atoms with Gasteiger partial charge in [0.05, 0.1) is 16.6 Å². The number of hydrogen-bond acceptors (Lipinski definition) is 4. The fourth-order valence-corrected chi connectivity index (χ4v) is 3.14. The maximum absolute atomic E-state index is 12.6. The van der Waals surface area contributed by atoms with E-state index in [4.69, 9.17) is 27.9 Å². The fourth-order valence-electron chi connectivity index (χ4n) is 2.85. The Bertz CT molecular complexity index is 1020. The largest absolute Gasteiger partial charge is 0.459 e. The molecule has 7 heteroatoms. The van der Waals surface area contributed by atoms with Gasteiger partial charge in [-0.1, -0.05) is 48.7 Å². The minimum absolute atomic E-state index is 0.0684. The number of benzene rings is 1. The van der Waals surface area contributed by atoms with Crippen LogP contribution in [0.2, 0.25) is 10.0 Å². The van der Waals surface area contributed by atoms with Gasteiger partial charge in [-0.05, 0) is 36.2 Å². The van der Waals surface area contributed by atoms with Crippen molar-refractivity contribution in [2.45, 2.75) is 32.3 Å². The quantitative estimate of drug-likeness (QED) is 0.561. The Morgan fingerprint density at radius 1 is 1.15 bits per heavy atom. The molecule has 0 fully saturated rings. The smallest absolute Gasteiger partial charge is 0.313 e. The summed E-state index contributed by atoms with van der Waals surface area (Å²) in [5.41, 5.74) is 1.41. The van der Waals surface area contributed by atoms with E-state index in [-0.39, 0.29) is 24.1 Å². The highest BCUT2D eigenvalue weighted by atomic mass is 35.5. The van der Waals surface area contributed by atoms with Crippen molar-refractivity contribution in [2.75, 3.05) is 0 Å². The number of fused-ring (bicyclic) bond motifs is 1. The summed E-state index contributed by atoms with van der Waals surface area (Å²) in [5, 5.41) is 1.05. The third kappa shape index (κ3) is 4.67. The molecule has 0 saturated carbocycles. The van der Waals surface area contributed by atoms with Crippen LogP contribution in [0.15, 0.2) is 53.5 Å². The molecular formula is C20H18Cl2N2O3. The molecule has 0 spiro atoms. The van der Waals surface area contributed by atoms with Crippen molar-refractivity contribution in [3.05, 3.63) is 80.3 Å². The standard InChI is InChI=1S/C20H18Cl2N2O3/c1-2-3-17(13-4-6-14(21)7-5-13)20(26)27-12-16-10-19(25)24-11-15(22)8-9-18(24)23-16/h4-11,17H,2-3,12H2,1H3. The SMILES string of the molecule is CCCC(C(=O)OCc1cc(=O)n2cc(Cl)ccc2n1)c1ccc(Cl)cc1. The van der Waals surface area contributed by atoms with Crippen LogP contribution in [-0.4, -0.2) is 15.4 Å². The van der Waals surface area contributed by atoms with Crippen LogP contribution in [0.4, 0.5) is 0 Å². The van der Waals surface area contributed by atoms with Crippen LogP contribution in [0.3, 0.4) is 0 Å². The molecule has 0 aliphatic heterocycles. The van der Waals surface area contributed by atoms with Crippen LogP contribution in [-0.2, 0) is 16.1 Å². The Kier molecular flexibility index (Phi) is 6.14. The topological polar surface area (TPSA) is 60.7 Å². The number of hydrogen-bond donors (Lipinski definition) is 0. The molecule has 1 unspecified atom stereocenters. The van der Waals surface area contributed by atoms with Crippen molar-refractivity contribution in [3.63, 3.8) is 0 Å². The Hall–Kier alpha value is -2.37. The summed E-state index contributed by atoms with van der Waals surface area (Å²) in [6.45, 7) is 1.94. The second kappa shape index (κ2) is 8.55. The van der Waals surface area contributed by atoms with Gasteiger partial charge in [-0.2, -0.15) is 0 Å². The predicted molar refractivity (Wildman–Crippen MR) is 105 cm³/mol. The lowest BCUT2D eigenvalue weighted by molar-refractivity contribution is -0.147. The maximum atomic E-state index is 12.6. The molecule has 0 aliphatic rings. The molecular weight excluding hydrogens is 387 g/mol. The molecule has 0 amide bonds. The second-order valence-corrected chi connectivity index (χ2v) is 7.03. The number of pyridine rings is 1. The summed E-state index contributed by atoms with van der Waals surface area (Å²) in [7, 11) is 0. The van der Waals surface area contributed by atoms with Crippen LogP contribution in [0.25, 0.3) is 5.65 Å². The predicted octanol–water partition coefficient (Wildman–Crippen LogP) is 4.63. The van der Waals surface area contributed by atoms with E-state index in [1.54, 1.807) is 24.3 Å². The Labute approximate surface area is 166 Å². The normalized spacial score (nSPS) is 12.1. The third-order valence-corrected chi connectivity index (χ3v) is 4.65. The van der Waals surface area contributed by atoms with Gasteiger partial charge in [-0.3, -0.25) is 14.0 Å². The average molecular weight is 405 g/mol. The number of carbonyl (C=O) groups excluding carboxylic acids is 1. The van der Waals surface area contributed by atoms with Crippen molar-refractivity contribution in [1.29, 1.82) is 0 Å². The number of rotatable bonds is 6. The monoisotopic (exact) mass is 404 g/mol. The molecule has 140 valence electrons. The first kappa shape index (κ1) is 19.4. The minimum Gasteiger partial charge on any atom is -0.459 e. The third-order valence-electron chi connectivity index (χ3n) is 4.17. The highest BCUT2D eigenvalue weighted by Gasteiger charge is 2.21. The maximum Gasteiger partial charge on any atom is 0.313 e. The summed E-state index contributed by atoms with van der Waals surface area (Å²) in [6, 6.07) is 11.8. The molecule has 27 heavy (non-hydrogen) atoms. The van der Waals surface area contributed by atoms with Crippen LogP contribution < -0.4 is 5.56 Å². The molecule has 2 aromatic heterocycles. The van der Waals surface area contributed by atoms with E-state index in [1.165, 1.54) is 16.7 Å². The van der Waals surface area contributed by atoms with Gasteiger partial charge in [0.15, 0.2) is 0 Å². The minimum atomic E-state index is -0.382. The number of aromatic nitrogens is 2. The lowest BCUT2D eigenvalue weighted by Gasteiger charge is -2.16. The number of esters is 1. The summed E-state index contributed by atoms with van der Waals surface area (Å²) < 4.78 is 6.79. The molecule has 0 saturated heterocycles. The fraction of sp³-hybridized carbons (Fsp3) is 0.250. The first-order chi connectivity index (χ1) is 13.0. The number of halogens is 2. The van der Waals surface area contributed by atoms with Gasteiger partial charge in [0, 0.05) is 17.3 Å². The number of ether oxygens (including phenoxy) is 1. The molecule has 1 aromatic carbocycles. The molecule has 3 rings (SSSR count). The van der Waals surface area contributed by atoms with Gasteiger partial charge < -0.3 is 4.74 Å². The van der Waals surface area contributed by atoms with Crippen LogP contribution >= 0.6 is 23.2 Å². The van der Waals surface area contributed by atoms with Gasteiger partial charge in [0.1, 0.15) is 12.3 Å². The summed E-state index contributed by atoms with van der Waals surface area (Å²) >= 11 is 11.8. The van der Waals surface area contributed by atoms with E-state index >= 15 is 0 Å². The van der Waals surface area contributed by atoms with Gasteiger partial charge in [0.2, 0.25) is 0 Å². The zero-order chi connectivity index (χ0) is 19.4. The highest BCUT2D eigenvalue weighted by molar-refractivity contribution is 6.30. The first-order valence-electron chi connectivity index (χ1n) is 8.58. The zero-order valence-corrected chi connectivity index (χ0v) is 16.2. The zero-order valence-electron chi connectivity index (χ0n) is 14.7. The van der Waals surface area contributed by atoms with E-state index in [0.29, 0.717) is 27.8 Å². The van der Waals surface area contributed by atoms with Gasteiger partial charge in [-0.15, -0.1) is 0 Å². The summed E-state index contributed by atoms with van der Waals surface area (Å²) in [4.78, 5) is 29.1. The van der Waals surface area contributed by atoms with Crippen LogP contribution in [0, 0.1) is 0 Å². The molecule has 1 atom stereocenters. The number of nitrogens with zero attached hydrogens (tertiary/aromatic N) is 2. The van der Waals surface area contributed by atoms with E-state index in [9.17, 15) is 9.59 Å². The average Bonchev–Trinajstić information content (AvgIpc) is 2.66. The first-order valence-corrected chi connectivity index (χ1v) is 9.33. The van der Waals surface area contributed by atoms with E-state index in [1.807, 2.05) is 19.1 Å². The van der Waals surface area contributed by atoms with Gasteiger partial charge in [-0.25, -0.2) is 4.98 Å². The van der Waals surface area contributed by atoms with Crippen molar-refractivity contribution in [3.8, 4) is 0 Å². The van der Waals surface area contributed by atoms with E-state index < -0.39 is 0 Å². The highest BCUT2D eigenvalue weighted by Crippen LogP contribution is 2.25. The lowest BCUT2D eigenvalue weighted by atomic mass is 9.95. The summed E-state index contributed by atoms with van der Waals surface area (Å²) in [5.74, 6) is -0.732. The van der Waals surface area contributed by atoms with Crippen LogP contribution in [0.1, 0.15) is 36.9 Å². The van der Waals surface area contributed by atoms with Gasteiger partial charge in [0.25, 0.3) is 5.56 Å².